The molecule has 0 aromatic heterocycles. The average molecular weight is 272 g/mol. The molecular weight excluding hydrogens is 266 g/mol. The maximum Gasteiger partial charge on any atom is 0.396 e. The highest BCUT2D eigenvalue weighted by atomic mass is 19.4. The van der Waals surface area contributed by atoms with Gasteiger partial charge < -0.3 is 5.11 Å². The number of aliphatic carboxylic acids is 1. The quantitative estimate of drug-likeness (QED) is 0.677. The van der Waals surface area contributed by atoms with E-state index in [-0.39, 0.29) is 12.1 Å². The molecule has 0 amide bonds. The van der Waals surface area contributed by atoms with Crippen molar-refractivity contribution in [3.8, 4) is 0 Å². The lowest BCUT2D eigenvalue weighted by molar-refractivity contribution is -0.163. The molecule has 1 aromatic carbocycles. The van der Waals surface area contributed by atoms with Crippen molar-refractivity contribution in [2.45, 2.75) is 18.5 Å². The van der Waals surface area contributed by atoms with Crippen molar-refractivity contribution in [2.75, 3.05) is 0 Å². The molecule has 0 bridgehead atoms. The summed E-state index contributed by atoms with van der Waals surface area (Å²) in [5.74, 6) is -9.53. The molecule has 0 aliphatic heterocycles. The van der Waals surface area contributed by atoms with Gasteiger partial charge in [-0.1, -0.05) is 0 Å². The highest BCUT2D eigenvalue weighted by molar-refractivity contribution is 5.68. The van der Waals surface area contributed by atoms with Gasteiger partial charge in [-0.2, -0.15) is 13.2 Å². The van der Waals surface area contributed by atoms with Crippen LogP contribution in [0.2, 0.25) is 0 Å². The highest BCUT2D eigenvalue weighted by Crippen LogP contribution is 2.39. The molecule has 0 saturated carbocycles. The van der Waals surface area contributed by atoms with E-state index in [1.807, 2.05) is 0 Å². The minimum Gasteiger partial charge on any atom is -0.481 e. The fourth-order valence-electron chi connectivity index (χ4n) is 1.38. The minimum atomic E-state index is -5.08. The average Bonchev–Trinajstić information content (AvgIpc) is 2.18. The first-order chi connectivity index (χ1) is 8.12. The Labute approximate surface area is 96.8 Å². The number of rotatable bonds is 3. The predicted molar refractivity (Wildman–Crippen MR) is 47.4 cm³/mol. The zero-order valence-electron chi connectivity index (χ0n) is 8.56. The van der Waals surface area contributed by atoms with Crippen molar-refractivity contribution in [2.24, 2.45) is 0 Å². The van der Waals surface area contributed by atoms with E-state index in [1.165, 1.54) is 0 Å². The first-order valence-corrected chi connectivity index (χ1v) is 4.56. The molecule has 0 radical (unpaired) electrons. The van der Waals surface area contributed by atoms with Gasteiger partial charge in [0.05, 0.1) is 12.3 Å². The summed E-state index contributed by atoms with van der Waals surface area (Å²) >= 11 is 0. The standard InChI is InChI=1S/C10H6F6O2/c11-6-3-8(13)7(12)1-4(6)5(2-9(17)18)10(14,15)16/h1,3,5H,2H2,(H,17,18). The summed E-state index contributed by atoms with van der Waals surface area (Å²) in [4.78, 5) is 10.3. The molecular formula is C10H6F6O2. The number of carboxylic acid groups (broad SMARTS) is 1. The van der Waals surface area contributed by atoms with Crippen LogP contribution in [0.4, 0.5) is 26.3 Å². The molecule has 0 aliphatic rings. The fraction of sp³-hybridized carbons (Fsp3) is 0.300. The van der Waals surface area contributed by atoms with Gasteiger partial charge in [-0.25, -0.2) is 13.2 Å². The Morgan fingerprint density at radius 1 is 1.11 bits per heavy atom. The van der Waals surface area contributed by atoms with Crippen molar-refractivity contribution in [1.29, 1.82) is 0 Å². The van der Waals surface area contributed by atoms with E-state index in [1.54, 1.807) is 0 Å². The predicted octanol–water partition coefficient (Wildman–Crippen LogP) is 3.22. The summed E-state index contributed by atoms with van der Waals surface area (Å²) in [5, 5.41) is 8.33. The number of alkyl halides is 3. The Kier molecular flexibility index (Phi) is 3.88. The molecule has 0 heterocycles. The molecule has 1 aromatic rings. The molecule has 1 N–H and O–H groups in total. The van der Waals surface area contributed by atoms with Gasteiger partial charge in [0, 0.05) is 11.6 Å². The van der Waals surface area contributed by atoms with Crippen LogP contribution in [0.5, 0.6) is 0 Å². The smallest absolute Gasteiger partial charge is 0.396 e. The second-order valence-electron chi connectivity index (χ2n) is 3.48. The molecule has 8 heteroatoms. The van der Waals surface area contributed by atoms with Gasteiger partial charge in [0.25, 0.3) is 0 Å². The molecule has 0 fully saturated rings. The number of carbonyl (C=O) groups is 1. The molecule has 1 rings (SSSR count). The Morgan fingerprint density at radius 2 is 1.61 bits per heavy atom. The van der Waals surface area contributed by atoms with Crippen LogP contribution in [0.1, 0.15) is 17.9 Å². The van der Waals surface area contributed by atoms with Gasteiger partial charge in [0.1, 0.15) is 5.82 Å². The summed E-state index contributed by atoms with van der Waals surface area (Å²) < 4.78 is 76.1. The van der Waals surface area contributed by atoms with Gasteiger partial charge >= 0.3 is 12.1 Å². The Bertz CT molecular complexity index is 468. The largest absolute Gasteiger partial charge is 0.481 e. The molecule has 0 saturated heterocycles. The van der Waals surface area contributed by atoms with Crippen molar-refractivity contribution in [1.82, 2.24) is 0 Å². The van der Waals surface area contributed by atoms with Crippen LogP contribution >= 0.6 is 0 Å². The van der Waals surface area contributed by atoms with Crippen LogP contribution in [-0.2, 0) is 4.79 Å². The van der Waals surface area contributed by atoms with E-state index in [2.05, 4.69) is 0 Å². The normalized spacial score (nSPS) is 13.4. The first kappa shape index (κ1) is 14.3. The molecule has 1 unspecified atom stereocenters. The van der Waals surface area contributed by atoms with Gasteiger partial charge in [-0.3, -0.25) is 4.79 Å². The molecule has 0 aliphatic carbocycles. The Balaban J connectivity index is 3.29. The van der Waals surface area contributed by atoms with E-state index in [4.69, 9.17) is 5.11 Å². The van der Waals surface area contributed by atoms with Crippen LogP contribution in [0, 0.1) is 17.5 Å². The second kappa shape index (κ2) is 4.87. The summed E-state index contributed by atoms with van der Waals surface area (Å²) in [5.41, 5.74) is -1.23. The Hall–Kier alpha value is -1.73. The fourth-order valence-corrected chi connectivity index (χ4v) is 1.38. The van der Waals surface area contributed by atoms with E-state index in [0.29, 0.717) is 0 Å². The molecule has 100 valence electrons. The second-order valence-corrected chi connectivity index (χ2v) is 3.48. The molecule has 0 spiro atoms. The van der Waals surface area contributed by atoms with Crippen LogP contribution in [0.3, 0.4) is 0 Å². The maximum atomic E-state index is 13.2. The third kappa shape index (κ3) is 3.14. The van der Waals surface area contributed by atoms with Crippen LogP contribution in [-0.4, -0.2) is 17.3 Å². The van der Waals surface area contributed by atoms with E-state index >= 15 is 0 Å². The molecule has 2 nitrogen and oxygen atoms in total. The zero-order valence-corrected chi connectivity index (χ0v) is 8.56. The lowest BCUT2D eigenvalue weighted by Gasteiger charge is -2.19. The van der Waals surface area contributed by atoms with Gasteiger partial charge in [-0.05, 0) is 6.07 Å². The molecule has 18 heavy (non-hydrogen) atoms. The number of carboxylic acids is 1. The lowest BCUT2D eigenvalue weighted by atomic mass is 9.94. The highest BCUT2D eigenvalue weighted by Gasteiger charge is 2.43. The third-order valence-corrected chi connectivity index (χ3v) is 2.19. The summed E-state index contributed by atoms with van der Waals surface area (Å²) in [7, 11) is 0. The minimum absolute atomic E-state index is 0.0196. The Morgan fingerprint density at radius 3 is 2.06 bits per heavy atom. The lowest BCUT2D eigenvalue weighted by Crippen LogP contribution is -2.25. The SMILES string of the molecule is O=C(O)CC(c1cc(F)c(F)cc1F)C(F)(F)F. The van der Waals surface area contributed by atoms with Crippen LogP contribution in [0.15, 0.2) is 12.1 Å². The maximum absolute atomic E-state index is 13.2. The third-order valence-electron chi connectivity index (χ3n) is 2.19. The van der Waals surface area contributed by atoms with Gasteiger partial charge in [0.15, 0.2) is 11.6 Å². The van der Waals surface area contributed by atoms with Crippen LogP contribution in [0.25, 0.3) is 0 Å². The topological polar surface area (TPSA) is 37.3 Å². The number of halogens is 6. The summed E-state index contributed by atoms with van der Waals surface area (Å²) in [6, 6.07) is -0.0307. The van der Waals surface area contributed by atoms with Gasteiger partial charge in [-0.15, -0.1) is 0 Å². The van der Waals surface area contributed by atoms with Crippen molar-refractivity contribution >= 4 is 5.97 Å². The van der Waals surface area contributed by atoms with Crippen molar-refractivity contribution in [3.05, 3.63) is 35.1 Å². The van der Waals surface area contributed by atoms with E-state index in [9.17, 15) is 31.1 Å². The summed E-state index contributed by atoms with van der Waals surface area (Å²) in [6.45, 7) is 0. The van der Waals surface area contributed by atoms with Crippen molar-refractivity contribution in [3.63, 3.8) is 0 Å². The monoisotopic (exact) mass is 272 g/mol. The van der Waals surface area contributed by atoms with Gasteiger partial charge in [0.2, 0.25) is 0 Å². The first-order valence-electron chi connectivity index (χ1n) is 4.56. The van der Waals surface area contributed by atoms with E-state index in [0.717, 1.165) is 0 Å². The van der Waals surface area contributed by atoms with Crippen LogP contribution < -0.4 is 0 Å². The molecule has 1 atom stereocenters. The number of hydrogen-bond donors (Lipinski definition) is 1. The number of benzene rings is 1. The summed E-state index contributed by atoms with van der Waals surface area (Å²) in [6.07, 6.45) is -6.55. The van der Waals surface area contributed by atoms with E-state index < -0.39 is 47.5 Å². The number of hydrogen-bond acceptors (Lipinski definition) is 1. The van der Waals surface area contributed by atoms with Crippen molar-refractivity contribution < 1.29 is 36.2 Å². The zero-order chi connectivity index (χ0) is 14.1.